The molecule has 1 heterocycles. The van der Waals surface area contributed by atoms with Crippen LogP contribution in [0.1, 0.15) is 0 Å². The maximum Gasteiger partial charge on any atom is 0.283 e. The molecule has 2 aromatic carbocycles. The molecule has 106 valence electrons. The number of hydrogen-bond acceptors (Lipinski definition) is 5. The van der Waals surface area contributed by atoms with Gasteiger partial charge >= 0.3 is 0 Å². The summed E-state index contributed by atoms with van der Waals surface area (Å²) in [6.07, 6.45) is 1.29. The molecule has 3 aromatic rings. The van der Waals surface area contributed by atoms with E-state index in [9.17, 15) is 18.5 Å². The van der Waals surface area contributed by atoms with Crippen LogP contribution in [0.3, 0.4) is 0 Å². The van der Waals surface area contributed by atoms with Crippen LogP contribution in [0.4, 0.5) is 5.69 Å². The van der Waals surface area contributed by atoms with Gasteiger partial charge in [0.05, 0.1) is 21.5 Å². The molecule has 0 unspecified atom stereocenters. The molecule has 0 aliphatic rings. The van der Waals surface area contributed by atoms with Crippen molar-refractivity contribution >= 4 is 26.6 Å². The first-order valence-electron chi connectivity index (χ1n) is 5.93. The molecule has 0 amide bonds. The van der Waals surface area contributed by atoms with Gasteiger partial charge in [-0.15, -0.1) is 0 Å². The van der Waals surface area contributed by atoms with Crippen LogP contribution in [0.2, 0.25) is 0 Å². The third kappa shape index (κ3) is 2.15. The highest BCUT2D eigenvalue weighted by Gasteiger charge is 2.20. The van der Waals surface area contributed by atoms with E-state index < -0.39 is 14.9 Å². The number of hydrogen-bond donors (Lipinski definition) is 0. The van der Waals surface area contributed by atoms with Gasteiger partial charge in [-0.1, -0.05) is 18.2 Å². The van der Waals surface area contributed by atoms with E-state index in [0.29, 0.717) is 10.9 Å². The highest BCUT2D eigenvalue weighted by molar-refractivity contribution is 7.90. The summed E-state index contributed by atoms with van der Waals surface area (Å²) in [5.74, 6) is 0. The van der Waals surface area contributed by atoms with Crippen LogP contribution in [-0.2, 0) is 10.0 Å². The number of fused-ring (bicyclic) bond motifs is 1. The van der Waals surface area contributed by atoms with Crippen molar-refractivity contribution in [1.82, 2.24) is 9.19 Å². The third-order valence-corrected chi connectivity index (χ3v) is 4.61. The van der Waals surface area contributed by atoms with Gasteiger partial charge in [0, 0.05) is 17.5 Å². The molecular weight excluding hydrogens is 294 g/mol. The Labute approximate surface area is 119 Å². The molecular formula is C13H9N3O4S. The maximum atomic E-state index is 12.5. The number of nitro benzene ring substituents is 1. The molecule has 0 bridgehead atoms. The summed E-state index contributed by atoms with van der Waals surface area (Å²) in [5.41, 5.74) is 0.184. The Morgan fingerprint density at radius 2 is 1.81 bits per heavy atom. The van der Waals surface area contributed by atoms with Gasteiger partial charge < -0.3 is 0 Å². The second kappa shape index (κ2) is 4.67. The van der Waals surface area contributed by atoms with Gasteiger partial charge in [0.2, 0.25) is 0 Å². The van der Waals surface area contributed by atoms with E-state index in [0.717, 1.165) is 4.09 Å². The lowest BCUT2D eigenvalue weighted by Crippen LogP contribution is -2.14. The number of non-ortho nitro benzene ring substituents is 1. The molecule has 0 spiro atoms. The first kappa shape index (κ1) is 13.3. The third-order valence-electron chi connectivity index (χ3n) is 3.00. The number of rotatable bonds is 3. The lowest BCUT2D eigenvalue weighted by Gasteiger charge is -2.05. The highest BCUT2D eigenvalue weighted by Crippen LogP contribution is 2.23. The van der Waals surface area contributed by atoms with Crippen LogP contribution < -0.4 is 0 Å². The average Bonchev–Trinajstić information content (AvgIpc) is 2.91. The predicted molar refractivity (Wildman–Crippen MR) is 75.4 cm³/mol. The Kier molecular flexibility index (Phi) is 2.95. The van der Waals surface area contributed by atoms with E-state index in [1.807, 2.05) is 0 Å². The van der Waals surface area contributed by atoms with E-state index in [-0.39, 0.29) is 10.6 Å². The van der Waals surface area contributed by atoms with Crippen LogP contribution in [0.5, 0.6) is 0 Å². The standard InChI is InChI=1S/C13H9N3O4S/c17-16(18)11-6-7-13-10(8-11)9-14-15(13)21(19,20)12-4-2-1-3-5-12/h1-9H. The Hall–Kier alpha value is -2.74. The molecule has 0 N–H and O–H groups in total. The fourth-order valence-corrected chi connectivity index (χ4v) is 3.29. The smallest absolute Gasteiger partial charge is 0.258 e. The zero-order valence-electron chi connectivity index (χ0n) is 10.6. The Balaban J connectivity index is 2.20. The topological polar surface area (TPSA) is 95.1 Å². The van der Waals surface area contributed by atoms with E-state index in [4.69, 9.17) is 0 Å². The van der Waals surface area contributed by atoms with Crippen LogP contribution in [0.25, 0.3) is 10.9 Å². The van der Waals surface area contributed by atoms with Gasteiger partial charge in [0.25, 0.3) is 15.7 Å². The second-order valence-electron chi connectivity index (χ2n) is 4.31. The van der Waals surface area contributed by atoms with Gasteiger partial charge in [0.15, 0.2) is 0 Å². The summed E-state index contributed by atoms with van der Waals surface area (Å²) in [5, 5.41) is 15.0. The van der Waals surface area contributed by atoms with Gasteiger partial charge in [-0.05, 0) is 18.2 Å². The Morgan fingerprint density at radius 1 is 1.10 bits per heavy atom. The van der Waals surface area contributed by atoms with Crippen molar-refractivity contribution in [3.8, 4) is 0 Å². The summed E-state index contributed by atoms with van der Waals surface area (Å²) in [4.78, 5) is 10.3. The van der Waals surface area contributed by atoms with Crippen molar-refractivity contribution in [2.75, 3.05) is 0 Å². The summed E-state index contributed by atoms with van der Waals surface area (Å²) < 4.78 is 25.9. The molecule has 1 aromatic heterocycles. The summed E-state index contributed by atoms with van der Waals surface area (Å²) in [6, 6.07) is 11.8. The molecule has 0 atom stereocenters. The van der Waals surface area contributed by atoms with Gasteiger partial charge in [-0.25, -0.2) is 0 Å². The summed E-state index contributed by atoms with van der Waals surface area (Å²) in [6.45, 7) is 0. The van der Waals surface area contributed by atoms with Crippen molar-refractivity contribution in [2.45, 2.75) is 4.90 Å². The molecule has 8 heteroatoms. The van der Waals surface area contributed by atoms with Crippen molar-refractivity contribution in [2.24, 2.45) is 0 Å². The van der Waals surface area contributed by atoms with Crippen molar-refractivity contribution in [1.29, 1.82) is 0 Å². The van der Waals surface area contributed by atoms with Gasteiger partial charge in [0.1, 0.15) is 0 Å². The second-order valence-corrected chi connectivity index (χ2v) is 6.07. The molecule has 3 rings (SSSR count). The molecule has 0 radical (unpaired) electrons. The quantitative estimate of drug-likeness (QED) is 0.546. The number of nitro groups is 1. The van der Waals surface area contributed by atoms with Gasteiger partial charge in [-0.3, -0.25) is 10.1 Å². The number of aromatic nitrogens is 2. The van der Waals surface area contributed by atoms with Crippen LogP contribution in [0, 0.1) is 10.1 Å². The number of nitrogens with zero attached hydrogens (tertiary/aromatic N) is 3. The van der Waals surface area contributed by atoms with Crippen LogP contribution in [0.15, 0.2) is 59.6 Å². The largest absolute Gasteiger partial charge is 0.283 e. The molecule has 0 saturated carbocycles. The minimum Gasteiger partial charge on any atom is -0.258 e. The molecule has 0 aliphatic heterocycles. The van der Waals surface area contributed by atoms with Crippen molar-refractivity contribution in [3.63, 3.8) is 0 Å². The first-order chi connectivity index (χ1) is 10.00. The maximum absolute atomic E-state index is 12.5. The van der Waals surface area contributed by atoms with E-state index in [1.54, 1.807) is 18.2 Å². The average molecular weight is 303 g/mol. The molecule has 0 fully saturated rings. The highest BCUT2D eigenvalue weighted by atomic mass is 32.2. The molecule has 21 heavy (non-hydrogen) atoms. The van der Waals surface area contributed by atoms with Crippen molar-refractivity contribution < 1.29 is 13.3 Å². The van der Waals surface area contributed by atoms with E-state index in [1.165, 1.54) is 36.5 Å². The SMILES string of the molecule is O=[N+]([O-])c1ccc2c(cnn2S(=O)(=O)c2ccccc2)c1. The van der Waals surface area contributed by atoms with Gasteiger partial charge in [-0.2, -0.15) is 17.6 Å². The Morgan fingerprint density at radius 3 is 2.48 bits per heavy atom. The van der Waals surface area contributed by atoms with Crippen LogP contribution >= 0.6 is 0 Å². The van der Waals surface area contributed by atoms with E-state index in [2.05, 4.69) is 5.10 Å². The zero-order chi connectivity index (χ0) is 15.0. The monoisotopic (exact) mass is 303 g/mol. The lowest BCUT2D eigenvalue weighted by atomic mass is 10.2. The summed E-state index contributed by atoms with van der Waals surface area (Å²) in [7, 11) is -3.82. The van der Waals surface area contributed by atoms with Crippen LogP contribution in [-0.4, -0.2) is 22.5 Å². The lowest BCUT2D eigenvalue weighted by molar-refractivity contribution is -0.384. The fourth-order valence-electron chi connectivity index (χ4n) is 1.99. The zero-order valence-corrected chi connectivity index (χ0v) is 11.4. The molecule has 0 aliphatic carbocycles. The fraction of sp³-hybridized carbons (Fsp3) is 0. The molecule has 7 nitrogen and oxygen atoms in total. The minimum atomic E-state index is -3.82. The van der Waals surface area contributed by atoms with Crippen molar-refractivity contribution in [3.05, 3.63) is 64.8 Å². The first-order valence-corrected chi connectivity index (χ1v) is 7.37. The molecule has 0 saturated heterocycles. The predicted octanol–water partition coefficient (Wildman–Crippen LogP) is 2.18. The van der Waals surface area contributed by atoms with E-state index >= 15 is 0 Å². The Bertz CT molecular complexity index is 932. The number of benzene rings is 2. The minimum absolute atomic E-state index is 0.105. The normalized spacial score (nSPS) is 11.6. The summed E-state index contributed by atoms with van der Waals surface area (Å²) >= 11 is 0.